The number of carbonyl (C=O) groups is 2. The predicted octanol–water partition coefficient (Wildman–Crippen LogP) is 5.38. The molecule has 1 N–H and O–H groups in total. The molecule has 3 aromatic rings. The highest BCUT2D eigenvalue weighted by molar-refractivity contribution is 7.99. The van der Waals surface area contributed by atoms with Crippen LogP contribution < -0.4 is 10.1 Å². The van der Waals surface area contributed by atoms with Gasteiger partial charge in [-0.2, -0.15) is 0 Å². The minimum Gasteiger partial charge on any atom is -0.497 e. The van der Waals surface area contributed by atoms with E-state index >= 15 is 0 Å². The van der Waals surface area contributed by atoms with Gasteiger partial charge in [-0.25, -0.2) is 4.79 Å². The molecule has 0 bridgehead atoms. The molecule has 0 saturated carbocycles. The van der Waals surface area contributed by atoms with Gasteiger partial charge in [0.1, 0.15) is 10.8 Å². The number of fused-ring (bicyclic) bond motifs is 1. The minimum absolute atomic E-state index is 0.128. The summed E-state index contributed by atoms with van der Waals surface area (Å²) in [4.78, 5) is 26.9. The first-order valence-electron chi connectivity index (χ1n) is 12.0. The standard InChI is InChI=1S/C26H30N4O4S2/c1-4-15-30-23(17-11-13-18(33-3)14-12-17)28-29-26(30)35-16-21(31)27-24-22(25(32)34-5-2)19-9-7-6-8-10-20(19)36-24/h4,11-14H,1,5-10,15-16H2,2-3H3,(H,27,31). The molecule has 2 heterocycles. The molecule has 0 fully saturated rings. The van der Waals surface area contributed by atoms with Gasteiger partial charge in [0.15, 0.2) is 11.0 Å². The Morgan fingerprint density at radius 3 is 2.69 bits per heavy atom. The number of hydrogen-bond donors (Lipinski definition) is 1. The number of anilines is 1. The van der Waals surface area contributed by atoms with Crippen molar-refractivity contribution >= 4 is 40.0 Å². The first-order valence-corrected chi connectivity index (χ1v) is 13.8. The number of nitrogens with zero attached hydrogens (tertiary/aromatic N) is 3. The molecule has 1 amide bonds. The SMILES string of the molecule is C=CCn1c(SCC(=O)Nc2sc3c(c2C(=O)OCC)CCCCC3)nnc1-c1ccc(OC)cc1. The van der Waals surface area contributed by atoms with E-state index in [0.29, 0.717) is 34.7 Å². The van der Waals surface area contributed by atoms with Crippen LogP contribution in [0.3, 0.4) is 0 Å². The molecule has 0 spiro atoms. The summed E-state index contributed by atoms with van der Waals surface area (Å²) >= 11 is 2.79. The van der Waals surface area contributed by atoms with Crippen LogP contribution in [0.1, 0.15) is 47.0 Å². The Hall–Kier alpha value is -3.11. The fourth-order valence-electron chi connectivity index (χ4n) is 4.19. The molecule has 2 aromatic heterocycles. The highest BCUT2D eigenvalue weighted by Gasteiger charge is 2.27. The van der Waals surface area contributed by atoms with E-state index in [1.807, 2.05) is 28.8 Å². The molecule has 10 heteroatoms. The number of thiophene rings is 1. The van der Waals surface area contributed by atoms with Crippen molar-refractivity contribution in [1.29, 1.82) is 0 Å². The van der Waals surface area contributed by atoms with Gasteiger partial charge in [-0.1, -0.05) is 24.3 Å². The van der Waals surface area contributed by atoms with Crippen molar-refractivity contribution in [3.8, 4) is 17.1 Å². The van der Waals surface area contributed by atoms with E-state index in [9.17, 15) is 9.59 Å². The number of aryl methyl sites for hydroxylation is 1. The van der Waals surface area contributed by atoms with Crippen molar-refractivity contribution in [3.05, 3.63) is 52.9 Å². The number of benzene rings is 1. The third-order valence-electron chi connectivity index (χ3n) is 5.86. The summed E-state index contributed by atoms with van der Waals surface area (Å²) < 4.78 is 12.5. The Bertz CT molecular complexity index is 1230. The van der Waals surface area contributed by atoms with Gasteiger partial charge in [0.05, 0.1) is 25.0 Å². The Labute approximate surface area is 219 Å². The maximum absolute atomic E-state index is 12.9. The quantitative estimate of drug-likeness (QED) is 0.164. The van der Waals surface area contributed by atoms with Crippen molar-refractivity contribution in [1.82, 2.24) is 14.8 Å². The molecular weight excluding hydrogens is 496 g/mol. The maximum atomic E-state index is 12.9. The number of ether oxygens (including phenoxy) is 2. The average molecular weight is 527 g/mol. The van der Waals surface area contributed by atoms with Crippen LogP contribution in [-0.2, 0) is 28.9 Å². The molecular formula is C26H30N4O4S2. The molecule has 0 atom stereocenters. The van der Waals surface area contributed by atoms with Gasteiger partial charge < -0.3 is 14.8 Å². The molecule has 1 aliphatic rings. The molecule has 0 radical (unpaired) electrons. The fraction of sp³-hybridized carbons (Fsp3) is 0.385. The lowest BCUT2D eigenvalue weighted by Crippen LogP contribution is -2.17. The molecule has 1 aromatic carbocycles. The number of rotatable bonds is 10. The van der Waals surface area contributed by atoms with E-state index in [1.54, 1.807) is 20.1 Å². The predicted molar refractivity (Wildman–Crippen MR) is 143 cm³/mol. The zero-order valence-electron chi connectivity index (χ0n) is 20.5. The van der Waals surface area contributed by atoms with Gasteiger partial charge in [0.2, 0.25) is 5.91 Å². The van der Waals surface area contributed by atoms with Crippen LogP contribution in [0.2, 0.25) is 0 Å². The third kappa shape index (κ3) is 5.82. The van der Waals surface area contributed by atoms with Crippen molar-refractivity contribution in [2.24, 2.45) is 0 Å². The van der Waals surface area contributed by atoms with Crippen LogP contribution in [0.4, 0.5) is 5.00 Å². The second-order valence-electron chi connectivity index (χ2n) is 8.26. The Balaban J connectivity index is 1.50. The number of methoxy groups -OCH3 is 1. The lowest BCUT2D eigenvalue weighted by molar-refractivity contribution is -0.113. The third-order valence-corrected chi connectivity index (χ3v) is 8.04. The number of carbonyl (C=O) groups excluding carboxylic acids is 2. The molecule has 0 saturated heterocycles. The largest absolute Gasteiger partial charge is 0.497 e. The van der Waals surface area contributed by atoms with E-state index in [0.717, 1.165) is 49.0 Å². The Kier molecular flexibility index (Phi) is 8.82. The summed E-state index contributed by atoms with van der Waals surface area (Å²) in [5.74, 6) is 0.999. The van der Waals surface area contributed by atoms with Crippen molar-refractivity contribution in [2.45, 2.75) is 50.7 Å². The van der Waals surface area contributed by atoms with Crippen molar-refractivity contribution in [3.63, 3.8) is 0 Å². The van der Waals surface area contributed by atoms with E-state index in [4.69, 9.17) is 9.47 Å². The molecule has 0 aliphatic heterocycles. The number of nitrogens with one attached hydrogen (secondary N) is 1. The number of aromatic nitrogens is 3. The second-order valence-corrected chi connectivity index (χ2v) is 10.3. The van der Waals surface area contributed by atoms with Crippen molar-refractivity contribution in [2.75, 3.05) is 24.8 Å². The van der Waals surface area contributed by atoms with E-state index < -0.39 is 0 Å². The van der Waals surface area contributed by atoms with Crippen LogP contribution in [-0.4, -0.2) is 46.1 Å². The Morgan fingerprint density at radius 2 is 1.97 bits per heavy atom. The molecule has 190 valence electrons. The summed E-state index contributed by atoms with van der Waals surface area (Å²) in [7, 11) is 1.62. The summed E-state index contributed by atoms with van der Waals surface area (Å²) in [5.41, 5.74) is 2.45. The zero-order chi connectivity index (χ0) is 25.5. The van der Waals surface area contributed by atoms with E-state index in [2.05, 4.69) is 22.1 Å². The van der Waals surface area contributed by atoms with Crippen LogP contribution in [0.25, 0.3) is 11.4 Å². The van der Waals surface area contributed by atoms with Gasteiger partial charge in [-0.3, -0.25) is 9.36 Å². The molecule has 0 unspecified atom stereocenters. The maximum Gasteiger partial charge on any atom is 0.341 e. The first kappa shape index (κ1) is 26.0. The number of esters is 1. The lowest BCUT2D eigenvalue weighted by Gasteiger charge is -2.09. The van der Waals surface area contributed by atoms with Crippen LogP contribution in [0.5, 0.6) is 5.75 Å². The van der Waals surface area contributed by atoms with Crippen molar-refractivity contribution < 1.29 is 19.1 Å². The number of thioether (sulfide) groups is 1. The number of hydrogen-bond acceptors (Lipinski definition) is 8. The smallest absolute Gasteiger partial charge is 0.341 e. The first-order chi connectivity index (χ1) is 17.5. The molecule has 36 heavy (non-hydrogen) atoms. The summed E-state index contributed by atoms with van der Waals surface area (Å²) in [5, 5.41) is 12.8. The highest BCUT2D eigenvalue weighted by atomic mass is 32.2. The van der Waals surface area contributed by atoms with Gasteiger partial charge in [-0.15, -0.1) is 28.1 Å². The number of amides is 1. The van der Waals surface area contributed by atoms with Crippen LogP contribution >= 0.6 is 23.1 Å². The number of allylic oxidation sites excluding steroid dienone is 1. The average Bonchev–Trinajstić information content (AvgIpc) is 3.35. The summed E-state index contributed by atoms with van der Waals surface area (Å²) in [6.45, 7) is 6.43. The molecule has 4 rings (SSSR count). The highest BCUT2D eigenvalue weighted by Crippen LogP contribution is 2.38. The van der Waals surface area contributed by atoms with Crippen LogP contribution in [0.15, 0.2) is 42.1 Å². The summed E-state index contributed by atoms with van der Waals surface area (Å²) in [6, 6.07) is 7.57. The fourth-order valence-corrected chi connectivity index (χ4v) is 6.23. The second kappa shape index (κ2) is 12.2. The monoisotopic (exact) mass is 526 g/mol. The zero-order valence-corrected chi connectivity index (χ0v) is 22.2. The minimum atomic E-state index is -0.366. The molecule has 8 nitrogen and oxygen atoms in total. The van der Waals surface area contributed by atoms with E-state index in [1.165, 1.54) is 28.0 Å². The van der Waals surface area contributed by atoms with Gasteiger partial charge >= 0.3 is 5.97 Å². The summed E-state index contributed by atoms with van der Waals surface area (Å²) in [6.07, 6.45) is 6.80. The van der Waals surface area contributed by atoms with Gasteiger partial charge in [-0.05, 0) is 62.4 Å². The topological polar surface area (TPSA) is 95.3 Å². The van der Waals surface area contributed by atoms with Gasteiger partial charge in [0, 0.05) is 17.0 Å². The lowest BCUT2D eigenvalue weighted by atomic mass is 10.1. The van der Waals surface area contributed by atoms with Gasteiger partial charge in [0.25, 0.3) is 0 Å². The van der Waals surface area contributed by atoms with Crippen LogP contribution in [0, 0.1) is 0 Å². The Morgan fingerprint density at radius 1 is 1.19 bits per heavy atom. The molecule has 1 aliphatic carbocycles. The normalized spacial score (nSPS) is 12.9. The van der Waals surface area contributed by atoms with E-state index in [-0.39, 0.29) is 17.6 Å².